The van der Waals surface area contributed by atoms with Crippen molar-refractivity contribution in [3.63, 3.8) is 0 Å². The second kappa shape index (κ2) is 10.5. The fraction of sp³-hybridized carbons (Fsp3) is 0.321. The maximum atomic E-state index is 12.9. The van der Waals surface area contributed by atoms with Crippen LogP contribution in [0.15, 0.2) is 60.0 Å². The molecule has 184 valence electrons. The molecule has 0 saturated carbocycles. The van der Waals surface area contributed by atoms with Crippen molar-refractivity contribution in [2.75, 3.05) is 6.61 Å². The van der Waals surface area contributed by atoms with Crippen LogP contribution in [0.3, 0.4) is 0 Å². The van der Waals surface area contributed by atoms with Crippen LogP contribution in [-0.4, -0.2) is 22.1 Å². The van der Waals surface area contributed by atoms with Crippen molar-refractivity contribution in [1.29, 1.82) is 0 Å². The van der Waals surface area contributed by atoms with Crippen molar-refractivity contribution in [1.82, 2.24) is 9.55 Å². The number of carbonyl (C=O) groups excluding carboxylic acids is 1. The minimum absolute atomic E-state index is 0. The van der Waals surface area contributed by atoms with Crippen molar-refractivity contribution < 1.29 is 14.3 Å². The number of hydrogen-bond donors (Lipinski definition) is 0. The van der Waals surface area contributed by atoms with Crippen molar-refractivity contribution in [3.05, 3.63) is 87.8 Å². The lowest BCUT2D eigenvalue weighted by atomic mass is 9.79. The van der Waals surface area contributed by atoms with Crippen molar-refractivity contribution in [3.8, 4) is 17.1 Å². The van der Waals surface area contributed by atoms with Gasteiger partial charge in [0.25, 0.3) is 0 Å². The molecule has 0 bridgehead atoms. The molecule has 0 spiro atoms. The summed E-state index contributed by atoms with van der Waals surface area (Å²) in [5, 5.41) is 0. The summed E-state index contributed by atoms with van der Waals surface area (Å²) in [6.07, 6.45) is 3.97. The van der Waals surface area contributed by atoms with E-state index in [0.29, 0.717) is 35.9 Å². The van der Waals surface area contributed by atoms with Gasteiger partial charge in [-0.1, -0.05) is 57.7 Å². The number of fused-ring (bicyclic) bond motifs is 3. The Kier molecular flexibility index (Phi) is 7.90. The first kappa shape index (κ1) is 26.3. The van der Waals surface area contributed by atoms with Crippen molar-refractivity contribution in [2.45, 2.75) is 46.8 Å². The molecule has 1 aliphatic rings. The van der Waals surface area contributed by atoms with E-state index in [1.165, 1.54) is 6.07 Å². The molecule has 7 heteroatoms. The Balaban J connectivity index is 0.00000342. The average Bonchev–Trinajstić information content (AvgIpc) is 2.81. The zero-order chi connectivity index (χ0) is 24.5. The summed E-state index contributed by atoms with van der Waals surface area (Å²) in [5.41, 5.74) is 3.56. The molecule has 0 unspecified atom stereocenters. The highest BCUT2D eigenvalue weighted by Gasteiger charge is 2.35. The molecule has 35 heavy (non-hydrogen) atoms. The Morgan fingerprint density at radius 2 is 1.94 bits per heavy atom. The van der Waals surface area contributed by atoms with E-state index in [4.69, 9.17) is 14.5 Å². The predicted octanol–water partition coefficient (Wildman–Crippen LogP) is 5.57. The Morgan fingerprint density at radius 1 is 1.23 bits per heavy atom. The zero-order valence-electron chi connectivity index (χ0n) is 20.6. The third kappa shape index (κ3) is 5.35. The normalized spacial score (nSPS) is 14.2. The number of nitrogens with zero attached hydrogens (tertiary/aromatic N) is 2. The van der Waals surface area contributed by atoms with E-state index < -0.39 is 5.97 Å². The summed E-state index contributed by atoms with van der Waals surface area (Å²) < 4.78 is 13.2. The summed E-state index contributed by atoms with van der Waals surface area (Å²) in [6, 6.07) is 13.5. The van der Waals surface area contributed by atoms with Gasteiger partial charge in [-0.05, 0) is 42.0 Å². The molecule has 0 radical (unpaired) electrons. The first-order valence-electron chi connectivity index (χ1n) is 11.5. The molecule has 0 fully saturated rings. The number of rotatable bonds is 6. The maximum absolute atomic E-state index is 12.9. The molecule has 0 aliphatic carbocycles. The highest BCUT2D eigenvalue weighted by atomic mass is 32.1. The van der Waals surface area contributed by atoms with Crippen LogP contribution in [0.25, 0.3) is 17.5 Å². The van der Waals surface area contributed by atoms with Crippen LogP contribution in [0, 0.1) is 5.41 Å². The topological polar surface area (TPSA) is 70.4 Å². The SMILES string of the molecule is C=Cc1nc2c(cc1OCc1ccccc1)C[C@@H](C(C)(C)C)n1cc(C(=O)OCC)c(=O)cc1-2.S. The van der Waals surface area contributed by atoms with Crippen LogP contribution in [0.1, 0.15) is 60.9 Å². The molecule has 1 atom stereocenters. The van der Waals surface area contributed by atoms with Gasteiger partial charge in [-0.3, -0.25) is 4.79 Å². The molecular formula is C28H32N2O4S. The van der Waals surface area contributed by atoms with Gasteiger partial charge < -0.3 is 14.0 Å². The maximum Gasteiger partial charge on any atom is 0.343 e. The average molecular weight is 493 g/mol. The van der Waals surface area contributed by atoms with Gasteiger partial charge in [0.05, 0.1) is 18.0 Å². The van der Waals surface area contributed by atoms with Crippen molar-refractivity contribution in [2.24, 2.45) is 5.41 Å². The third-order valence-corrected chi connectivity index (χ3v) is 6.09. The van der Waals surface area contributed by atoms with Gasteiger partial charge in [0.2, 0.25) is 0 Å². The van der Waals surface area contributed by atoms with Gasteiger partial charge >= 0.3 is 5.97 Å². The largest absolute Gasteiger partial charge is 0.487 e. The first-order valence-corrected chi connectivity index (χ1v) is 11.5. The minimum atomic E-state index is -0.606. The highest BCUT2D eigenvalue weighted by molar-refractivity contribution is 7.59. The smallest absolute Gasteiger partial charge is 0.343 e. The highest BCUT2D eigenvalue weighted by Crippen LogP contribution is 2.43. The molecule has 0 amide bonds. The number of carbonyl (C=O) groups is 1. The van der Waals surface area contributed by atoms with Crippen LogP contribution in [-0.2, 0) is 17.8 Å². The molecule has 6 nitrogen and oxygen atoms in total. The summed E-state index contributed by atoms with van der Waals surface area (Å²) in [4.78, 5) is 30.1. The summed E-state index contributed by atoms with van der Waals surface area (Å²) in [6.45, 7) is 12.7. The molecule has 1 aromatic carbocycles. The Hall–Kier alpha value is -3.32. The van der Waals surface area contributed by atoms with E-state index in [0.717, 1.165) is 11.1 Å². The molecule has 1 aliphatic heterocycles. The molecule has 4 rings (SSSR count). The van der Waals surface area contributed by atoms with E-state index in [1.54, 1.807) is 19.2 Å². The molecule has 0 saturated heterocycles. The number of esters is 1. The predicted molar refractivity (Wildman–Crippen MR) is 143 cm³/mol. The standard InChI is InChI=1S/C28H30N2O4.H2S/c1-6-21-24(34-17-18-11-9-8-10-12-18)13-19-14-25(28(3,4)5)30-16-20(27(32)33-7-2)23(31)15-22(30)26(19)29-21;/h6,8-13,15-16,25H,1,7,14,17H2,2-5H3;1H2/t25-;/m0./s1. The van der Waals surface area contributed by atoms with E-state index in [1.807, 2.05) is 41.0 Å². The molecule has 3 heterocycles. The molecule has 0 N–H and O–H groups in total. The van der Waals surface area contributed by atoms with Crippen LogP contribution in [0.4, 0.5) is 0 Å². The van der Waals surface area contributed by atoms with Crippen LogP contribution in [0.2, 0.25) is 0 Å². The molecule has 2 aromatic heterocycles. The minimum Gasteiger partial charge on any atom is -0.487 e. The monoisotopic (exact) mass is 492 g/mol. The van der Waals surface area contributed by atoms with E-state index in [2.05, 4.69) is 27.4 Å². The van der Waals surface area contributed by atoms with Crippen molar-refractivity contribution >= 4 is 25.5 Å². The van der Waals surface area contributed by atoms with Crippen LogP contribution >= 0.6 is 13.5 Å². The number of benzene rings is 1. The number of pyridine rings is 2. The van der Waals surface area contributed by atoms with E-state index in [9.17, 15) is 9.59 Å². The number of hydrogen-bond acceptors (Lipinski definition) is 5. The van der Waals surface area contributed by atoms with Gasteiger partial charge in [-0.2, -0.15) is 13.5 Å². The van der Waals surface area contributed by atoms with E-state index in [-0.39, 0.29) is 42.6 Å². The van der Waals surface area contributed by atoms with Crippen LogP contribution < -0.4 is 10.2 Å². The Bertz CT molecular complexity index is 1290. The fourth-order valence-electron chi connectivity index (χ4n) is 4.31. The Morgan fingerprint density at radius 3 is 2.57 bits per heavy atom. The van der Waals surface area contributed by atoms with Gasteiger partial charge in [-0.25, -0.2) is 9.78 Å². The quantitative estimate of drug-likeness (QED) is 0.421. The van der Waals surface area contributed by atoms with Gasteiger partial charge in [0, 0.05) is 18.3 Å². The molecular weight excluding hydrogens is 460 g/mol. The van der Waals surface area contributed by atoms with Gasteiger partial charge in [0.15, 0.2) is 5.43 Å². The number of ether oxygens (including phenoxy) is 2. The van der Waals surface area contributed by atoms with Crippen LogP contribution in [0.5, 0.6) is 5.75 Å². The fourth-order valence-corrected chi connectivity index (χ4v) is 4.31. The zero-order valence-corrected chi connectivity index (χ0v) is 21.6. The lowest BCUT2D eigenvalue weighted by molar-refractivity contribution is 0.0523. The Labute approximate surface area is 213 Å². The molecule has 3 aromatic rings. The lowest BCUT2D eigenvalue weighted by Gasteiger charge is -2.38. The second-order valence-electron chi connectivity index (χ2n) is 9.51. The number of aromatic nitrogens is 2. The van der Waals surface area contributed by atoms with Gasteiger partial charge in [-0.15, -0.1) is 0 Å². The second-order valence-corrected chi connectivity index (χ2v) is 9.51. The summed E-state index contributed by atoms with van der Waals surface area (Å²) >= 11 is 0. The first-order chi connectivity index (χ1) is 16.2. The summed E-state index contributed by atoms with van der Waals surface area (Å²) in [7, 11) is 0. The summed E-state index contributed by atoms with van der Waals surface area (Å²) in [5.74, 6) is 0.0508. The third-order valence-electron chi connectivity index (χ3n) is 6.09. The lowest BCUT2D eigenvalue weighted by Crippen LogP contribution is -2.33. The van der Waals surface area contributed by atoms with E-state index >= 15 is 0 Å². The van der Waals surface area contributed by atoms with Gasteiger partial charge in [0.1, 0.15) is 23.6 Å².